The largest absolute Gasteiger partial charge is 0.378 e. The van der Waals surface area contributed by atoms with Gasteiger partial charge in [0.2, 0.25) is 0 Å². The minimum atomic E-state index is -1.28. The SMILES string of the molecule is Fc1ccc(Br)c(CNc2cc(F)cc(F)c2F)c1. The third kappa shape index (κ3) is 3.26. The summed E-state index contributed by atoms with van der Waals surface area (Å²) >= 11 is 3.20. The first-order chi connectivity index (χ1) is 8.97. The van der Waals surface area contributed by atoms with Crippen molar-refractivity contribution in [1.82, 2.24) is 0 Å². The highest BCUT2D eigenvalue weighted by molar-refractivity contribution is 9.10. The minimum absolute atomic E-state index is 0.0259. The Kier molecular flexibility index (Phi) is 4.09. The second kappa shape index (κ2) is 5.61. The van der Waals surface area contributed by atoms with Crippen LogP contribution < -0.4 is 5.32 Å². The zero-order valence-corrected chi connectivity index (χ0v) is 11.1. The molecule has 1 N–H and O–H groups in total. The Labute approximate surface area is 115 Å². The van der Waals surface area contributed by atoms with Gasteiger partial charge < -0.3 is 5.32 Å². The van der Waals surface area contributed by atoms with E-state index in [0.29, 0.717) is 16.1 Å². The first-order valence-electron chi connectivity index (χ1n) is 5.29. The van der Waals surface area contributed by atoms with Crippen molar-refractivity contribution in [2.24, 2.45) is 0 Å². The summed E-state index contributed by atoms with van der Waals surface area (Å²) in [5.74, 6) is -3.79. The summed E-state index contributed by atoms with van der Waals surface area (Å²) in [5, 5.41) is 2.53. The van der Waals surface area contributed by atoms with Crippen molar-refractivity contribution in [3.05, 3.63) is 63.6 Å². The molecule has 0 heterocycles. The van der Waals surface area contributed by atoms with Gasteiger partial charge in [0.25, 0.3) is 0 Å². The first-order valence-corrected chi connectivity index (χ1v) is 6.09. The highest BCUT2D eigenvalue weighted by Gasteiger charge is 2.11. The highest BCUT2D eigenvalue weighted by Crippen LogP contribution is 2.22. The van der Waals surface area contributed by atoms with Crippen molar-refractivity contribution >= 4 is 21.6 Å². The molecular weight excluding hydrogens is 326 g/mol. The van der Waals surface area contributed by atoms with Gasteiger partial charge in [-0.25, -0.2) is 17.6 Å². The number of hydrogen-bond acceptors (Lipinski definition) is 1. The Morgan fingerprint density at radius 3 is 2.42 bits per heavy atom. The molecule has 0 aliphatic rings. The Balaban J connectivity index is 2.21. The van der Waals surface area contributed by atoms with E-state index in [1.807, 2.05) is 0 Å². The summed E-state index contributed by atoms with van der Waals surface area (Å²) in [6.45, 7) is 0.0259. The van der Waals surface area contributed by atoms with E-state index < -0.39 is 23.3 Å². The molecule has 0 fully saturated rings. The van der Waals surface area contributed by atoms with Gasteiger partial charge >= 0.3 is 0 Å². The number of anilines is 1. The maximum absolute atomic E-state index is 13.4. The minimum Gasteiger partial charge on any atom is -0.378 e. The fourth-order valence-corrected chi connectivity index (χ4v) is 1.94. The van der Waals surface area contributed by atoms with E-state index >= 15 is 0 Å². The molecule has 2 aromatic rings. The Hall–Kier alpha value is -1.56. The Morgan fingerprint density at radius 2 is 1.68 bits per heavy atom. The molecule has 0 saturated carbocycles. The van der Waals surface area contributed by atoms with Crippen LogP contribution >= 0.6 is 15.9 Å². The molecule has 6 heteroatoms. The van der Waals surface area contributed by atoms with Gasteiger partial charge in [-0.2, -0.15) is 0 Å². The molecule has 0 saturated heterocycles. The molecule has 2 rings (SSSR count). The molecule has 2 aromatic carbocycles. The zero-order valence-electron chi connectivity index (χ0n) is 9.48. The molecule has 0 unspecified atom stereocenters. The molecule has 0 atom stereocenters. The summed E-state index contributed by atoms with van der Waals surface area (Å²) in [5.41, 5.74) is 0.192. The smallest absolute Gasteiger partial charge is 0.182 e. The van der Waals surface area contributed by atoms with E-state index in [2.05, 4.69) is 21.2 Å². The van der Waals surface area contributed by atoms with E-state index in [0.717, 1.165) is 6.07 Å². The molecule has 0 aliphatic heterocycles. The molecule has 0 radical (unpaired) electrons. The van der Waals surface area contributed by atoms with E-state index in [4.69, 9.17) is 0 Å². The molecule has 0 amide bonds. The van der Waals surface area contributed by atoms with Crippen LogP contribution in [-0.2, 0) is 6.54 Å². The van der Waals surface area contributed by atoms with Crippen LogP contribution in [0.5, 0.6) is 0 Å². The molecule has 0 bridgehead atoms. The Morgan fingerprint density at radius 1 is 0.947 bits per heavy atom. The van der Waals surface area contributed by atoms with Gasteiger partial charge in [0.15, 0.2) is 11.6 Å². The second-order valence-electron chi connectivity index (χ2n) is 3.84. The summed E-state index contributed by atoms with van der Waals surface area (Å²) in [7, 11) is 0. The molecule has 0 aromatic heterocycles. The van der Waals surface area contributed by atoms with Gasteiger partial charge in [-0.15, -0.1) is 0 Å². The van der Waals surface area contributed by atoms with Crippen LogP contribution in [0.25, 0.3) is 0 Å². The van der Waals surface area contributed by atoms with Crippen LogP contribution in [0.15, 0.2) is 34.8 Å². The fraction of sp³-hybridized carbons (Fsp3) is 0.0769. The predicted octanol–water partition coefficient (Wildman–Crippen LogP) is 4.62. The molecule has 19 heavy (non-hydrogen) atoms. The maximum atomic E-state index is 13.4. The lowest BCUT2D eigenvalue weighted by Gasteiger charge is -2.10. The average molecular weight is 334 g/mol. The standard InChI is InChI=1S/C13H8BrF4N/c14-10-2-1-8(15)3-7(10)6-19-12-5-9(16)4-11(17)13(12)18/h1-5,19H,6H2. The topological polar surface area (TPSA) is 12.0 Å². The van der Waals surface area contributed by atoms with Crippen molar-refractivity contribution in [3.8, 4) is 0 Å². The molecule has 1 nitrogen and oxygen atoms in total. The van der Waals surface area contributed by atoms with Crippen LogP contribution in [0.4, 0.5) is 23.2 Å². The first kappa shape index (κ1) is 13.9. The molecule has 100 valence electrons. The van der Waals surface area contributed by atoms with Gasteiger partial charge in [-0.3, -0.25) is 0 Å². The number of halogens is 5. The van der Waals surface area contributed by atoms with Crippen molar-refractivity contribution in [3.63, 3.8) is 0 Å². The van der Waals surface area contributed by atoms with Crippen LogP contribution in [0.1, 0.15) is 5.56 Å². The molecule has 0 aliphatic carbocycles. The van der Waals surface area contributed by atoms with Gasteiger partial charge in [0.1, 0.15) is 11.6 Å². The quantitative estimate of drug-likeness (QED) is 0.638. The van der Waals surface area contributed by atoms with Gasteiger partial charge in [-0.1, -0.05) is 15.9 Å². The third-order valence-electron chi connectivity index (χ3n) is 2.47. The number of benzene rings is 2. The zero-order chi connectivity index (χ0) is 14.0. The van der Waals surface area contributed by atoms with Crippen LogP contribution in [-0.4, -0.2) is 0 Å². The third-order valence-corrected chi connectivity index (χ3v) is 3.24. The average Bonchev–Trinajstić information content (AvgIpc) is 2.35. The van der Waals surface area contributed by atoms with Gasteiger partial charge in [0, 0.05) is 23.2 Å². The number of hydrogen-bond donors (Lipinski definition) is 1. The monoisotopic (exact) mass is 333 g/mol. The number of rotatable bonds is 3. The van der Waals surface area contributed by atoms with E-state index in [1.54, 1.807) is 0 Å². The van der Waals surface area contributed by atoms with E-state index in [9.17, 15) is 17.6 Å². The van der Waals surface area contributed by atoms with Crippen molar-refractivity contribution in [1.29, 1.82) is 0 Å². The summed E-state index contributed by atoms with van der Waals surface area (Å²) in [6.07, 6.45) is 0. The molecule has 0 spiro atoms. The molecular formula is C13H8BrF4N. The lowest BCUT2D eigenvalue weighted by Crippen LogP contribution is -2.04. The van der Waals surface area contributed by atoms with E-state index in [-0.39, 0.29) is 12.2 Å². The van der Waals surface area contributed by atoms with Gasteiger partial charge in [0.05, 0.1) is 5.69 Å². The maximum Gasteiger partial charge on any atom is 0.182 e. The van der Waals surface area contributed by atoms with Crippen molar-refractivity contribution in [2.45, 2.75) is 6.54 Å². The lowest BCUT2D eigenvalue weighted by molar-refractivity contribution is 0.497. The lowest BCUT2D eigenvalue weighted by atomic mass is 10.2. The normalized spacial score (nSPS) is 10.6. The fourth-order valence-electron chi connectivity index (χ4n) is 1.55. The summed E-state index contributed by atoms with van der Waals surface area (Å²) in [6, 6.07) is 5.29. The van der Waals surface area contributed by atoms with Crippen molar-refractivity contribution < 1.29 is 17.6 Å². The van der Waals surface area contributed by atoms with Crippen LogP contribution in [0.2, 0.25) is 0 Å². The van der Waals surface area contributed by atoms with Crippen LogP contribution in [0, 0.1) is 23.3 Å². The predicted molar refractivity (Wildman–Crippen MR) is 67.7 cm³/mol. The highest BCUT2D eigenvalue weighted by atomic mass is 79.9. The second-order valence-corrected chi connectivity index (χ2v) is 4.69. The van der Waals surface area contributed by atoms with Crippen LogP contribution in [0.3, 0.4) is 0 Å². The summed E-state index contributed by atoms with van der Waals surface area (Å²) in [4.78, 5) is 0. The van der Waals surface area contributed by atoms with Gasteiger partial charge in [-0.05, 0) is 23.8 Å². The summed E-state index contributed by atoms with van der Waals surface area (Å²) < 4.78 is 53.0. The van der Waals surface area contributed by atoms with Crippen molar-refractivity contribution in [2.75, 3.05) is 5.32 Å². The van der Waals surface area contributed by atoms with E-state index in [1.165, 1.54) is 18.2 Å². The number of nitrogens with one attached hydrogen (secondary N) is 1. The Bertz CT molecular complexity index is 616.